The van der Waals surface area contributed by atoms with Crippen LogP contribution in [0.5, 0.6) is 5.75 Å². The average Bonchev–Trinajstić information content (AvgIpc) is 2.59. The summed E-state index contributed by atoms with van der Waals surface area (Å²) in [4.78, 5) is 0. The first-order valence-electron chi connectivity index (χ1n) is 8.92. The molecule has 0 aliphatic rings. The van der Waals surface area contributed by atoms with Crippen LogP contribution < -0.4 is 10.1 Å². The van der Waals surface area contributed by atoms with Crippen molar-refractivity contribution in [2.24, 2.45) is 0 Å². The largest absolute Gasteiger partial charge is 0.489 e. The van der Waals surface area contributed by atoms with Gasteiger partial charge in [0.15, 0.2) is 0 Å². The van der Waals surface area contributed by atoms with E-state index in [1.54, 1.807) is 0 Å². The molecular formula is C23H27NO. The monoisotopic (exact) mass is 333 g/mol. The minimum absolute atomic E-state index is 0.0828. The number of nitrogens with one attached hydrogen (secondary N) is 1. The quantitative estimate of drug-likeness (QED) is 0.616. The lowest BCUT2D eigenvalue weighted by molar-refractivity contribution is 0.234. The Morgan fingerprint density at radius 3 is 2.28 bits per heavy atom. The third-order valence-electron chi connectivity index (χ3n) is 4.43. The number of anilines is 1. The van der Waals surface area contributed by atoms with Crippen molar-refractivity contribution >= 4 is 16.5 Å². The van der Waals surface area contributed by atoms with Crippen LogP contribution in [0.15, 0.2) is 66.7 Å². The van der Waals surface area contributed by atoms with Crippen molar-refractivity contribution in [3.8, 4) is 5.75 Å². The summed E-state index contributed by atoms with van der Waals surface area (Å²) in [5, 5.41) is 6.01. The van der Waals surface area contributed by atoms with Crippen molar-refractivity contribution in [1.29, 1.82) is 0 Å². The molecular weight excluding hydrogens is 306 g/mol. The summed E-state index contributed by atoms with van der Waals surface area (Å²) in [5.74, 6) is 0.917. The molecule has 0 aliphatic heterocycles. The van der Waals surface area contributed by atoms with Crippen LogP contribution in [0.25, 0.3) is 10.8 Å². The Bertz CT molecular complexity index is 825. The first-order chi connectivity index (χ1) is 11.9. The normalized spacial score (nSPS) is 12.8. The average molecular weight is 333 g/mol. The van der Waals surface area contributed by atoms with Gasteiger partial charge in [0.1, 0.15) is 11.9 Å². The van der Waals surface area contributed by atoms with E-state index in [2.05, 4.69) is 99.7 Å². The Labute approximate surface area is 150 Å². The Morgan fingerprint density at radius 1 is 0.880 bits per heavy atom. The van der Waals surface area contributed by atoms with Crippen LogP contribution in [-0.4, -0.2) is 12.6 Å². The van der Waals surface area contributed by atoms with E-state index in [1.807, 2.05) is 0 Å². The molecule has 1 unspecified atom stereocenters. The molecule has 3 rings (SSSR count). The highest BCUT2D eigenvalue weighted by Gasteiger charge is 2.13. The summed E-state index contributed by atoms with van der Waals surface area (Å²) in [5.41, 5.74) is 2.64. The van der Waals surface area contributed by atoms with E-state index >= 15 is 0 Å². The minimum Gasteiger partial charge on any atom is -0.489 e. The van der Waals surface area contributed by atoms with Crippen molar-refractivity contribution in [3.63, 3.8) is 0 Å². The lowest BCUT2D eigenvalue weighted by atomic mass is 9.87. The molecule has 0 aromatic heterocycles. The van der Waals surface area contributed by atoms with E-state index in [-0.39, 0.29) is 11.5 Å². The lowest BCUT2D eigenvalue weighted by Crippen LogP contribution is -2.22. The molecule has 0 bridgehead atoms. The molecule has 0 spiro atoms. The molecule has 1 atom stereocenters. The Morgan fingerprint density at radius 2 is 1.56 bits per heavy atom. The standard InChI is InChI=1S/C23H27NO/c1-17(25-20-14-12-19(13-15-20)23(2,3)4)16-24-22-11-7-9-18-8-5-6-10-21(18)22/h5-15,17,24H,16H2,1-4H3. The van der Waals surface area contributed by atoms with E-state index < -0.39 is 0 Å². The molecule has 3 aromatic carbocycles. The molecule has 0 radical (unpaired) electrons. The smallest absolute Gasteiger partial charge is 0.119 e. The van der Waals surface area contributed by atoms with Crippen LogP contribution in [0, 0.1) is 0 Å². The number of fused-ring (bicyclic) bond motifs is 1. The fourth-order valence-electron chi connectivity index (χ4n) is 2.94. The Balaban J connectivity index is 1.62. The van der Waals surface area contributed by atoms with Gasteiger partial charge in [0.05, 0.1) is 6.54 Å². The zero-order chi connectivity index (χ0) is 17.9. The van der Waals surface area contributed by atoms with E-state index in [9.17, 15) is 0 Å². The molecule has 1 N–H and O–H groups in total. The lowest BCUT2D eigenvalue weighted by Gasteiger charge is -2.20. The summed E-state index contributed by atoms with van der Waals surface area (Å²) in [7, 11) is 0. The van der Waals surface area contributed by atoms with Gasteiger partial charge in [-0.1, -0.05) is 69.3 Å². The molecule has 2 nitrogen and oxygen atoms in total. The van der Waals surface area contributed by atoms with Crippen molar-refractivity contribution < 1.29 is 4.74 Å². The van der Waals surface area contributed by atoms with Gasteiger partial charge in [-0.05, 0) is 41.5 Å². The van der Waals surface area contributed by atoms with Crippen LogP contribution in [0.3, 0.4) is 0 Å². The molecule has 0 saturated heterocycles. The fraction of sp³-hybridized carbons (Fsp3) is 0.304. The molecule has 0 fully saturated rings. The minimum atomic E-state index is 0.0828. The second kappa shape index (κ2) is 7.18. The first-order valence-corrected chi connectivity index (χ1v) is 8.92. The van der Waals surface area contributed by atoms with E-state index in [0.29, 0.717) is 0 Å². The second-order valence-corrected chi connectivity index (χ2v) is 7.61. The van der Waals surface area contributed by atoms with Crippen molar-refractivity contribution in [3.05, 3.63) is 72.3 Å². The van der Waals surface area contributed by atoms with Crippen molar-refractivity contribution in [2.45, 2.75) is 39.2 Å². The Hall–Kier alpha value is -2.48. The number of hydrogen-bond acceptors (Lipinski definition) is 2. The predicted molar refractivity (Wildman–Crippen MR) is 108 cm³/mol. The fourth-order valence-corrected chi connectivity index (χ4v) is 2.94. The van der Waals surface area contributed by atoms with Gasteiger partial charge in [0.25, 0.3) is 0 Å². The van der Waals surface area contributed by atoms with E-state index in [1.165, 1.54) is 16.3 Å². The maximum Gasteiger partial charge on any atom is 0.119 e. The first kappa shape index (κ1) is 17.3. The van der Waals surface area contributed by atoms with Gasteiger partial charge < -0.3 is 10.1 Å². The molecule has 25 heavy (non-hydrogen) atoms. The molecule has 0 heterocycles. The zero-order valence-electron chi connectivity index (χ0n) is 15.5. The van der Waals surface area contributed by atoms with Gasteiger partial charge in [-0.2, -0.15) is 0 Å². The number of hydrogen-bond donors (Lipinski definition) is 1. The number of rotatable bonds is 5. The molecule has 0 saturated carbocycles. The van der Waals surface area contributed by atoms with Gasteiger partial charge in [-0.25, -0.2) is 0 Å². The molecule has 2 heteroatoms. The topological polar surface area (TPSA) is 21.3 Å². The summed E-state index contributed by atoms with van der Waals surface area (Å²) in [6, 6.07) is 23.2. The van der Waals surface area contributed by atoms with Gasteiger partial charge in [0.2, 0.25) is 0 Å². The van der Waals surface area contributed by atoms with Gasteiger partial charge in [-0.3, -0.25) is 0 Å². The Kier molecular flexibility index (Phi) is 4.98. The van der Waals surface area contributed by atoms with Gasteiger partial charge >= 0.3 is 0 Å². The summed E-state index contributed by atoms with van der Waals surface area (Å²) in [6.07, 6.45) is 0.0828. The third-order valence-corrected chi connectivity index (χ3v) is 4.43. The summed E-state index contributed by atoms with van der Waals surface area (Å²) >= 11 is 0. The number of benzene rings is 3. The van der Waals surface area contributed by atoms with Gasteiger partial charge in [0, 0.05) is 11.1 Å². The highest BCUT2D eigenvalue weighted by atomic mass is 16.5. The summed E-state index contributed by atoms with van der Waals surface area (Å²) in [6.45, 7) is 9.52. The maximum atomic E-state index is 6.05. The van der Waals surface area contributed by atoms with Crippen molar-refractivity contribution in [1.82, 2.24) is 0 Å². The molecule has 130 valence electrons. The van der Waals surface area contributed by atoms with Crippen LogP contribution in [-0.2, 0) is 5.41 Å². The highest BCUT2D eigenvalue weighted by Crippen LogP contribution is 2.25. The van der Waals surface area contributed by atoms with Gasteiger partial charge in [-0.15, -0.1) is 0 Å². The van der Waals surface area contributed by atoms with E-state index in [0.717, 1.165) is 18.0 Å². The highest BCUT2D eigenvalue weighted by molar-refractivity contribution is 5.93. The summed E-state index contributed by atoms with van der Waals surface area (Å²) < 4.78 is 6.05. The predicted octanol–water partition coefficient (Wildman–Crippen LogP) is 6.02. The van der Waals surface area contributed by atoms with Crippen molar-refractivity contribution in [2.75, 3.05) is 11.9 Å². The van der Waals surface area contributed by atoms with Crippen LogP contribution in [0.4, 0.5) is 5.69 Å². The van der Waals surface area contributed by atoms with Crippen LogP contribution in [0.2, 0.25) is 0 Å². The second-order valence-electron chi connectivity index (χ2n) is 7.61. The van der Waals surface area contributed by atoms with Crippen LogP contribution >= 0.6 is 0 Å². The number of ether oxygens (including phenoxy) is 1. The zero-order valence-corrected chi connectivity index (χ0v) is 15.5. The SMILES string of the molecule is CC(CNc1cccc2ccccc12)Oc1ccc(C(C)(C)C)cc1. The molecule has 0 aliphatic carbocycles. The maximum absolute atomic E-state index is 6.05. The third kappa shape index (κ3) is 4.33. The molecule has 3 aromatic rings. The van der Waals surface area contributed by atoms with E-state index in [4.69, 9.17) is 4.74 Å². The van der Waals surface area contributed by atoms with Crippen LogP contribution in [0.1, 0.15) is 33.3 Å². The molecule has 0 amide bonds.